The van der Waals surface area contributed by atoms with Crippen LogP contribution in [0.15, 0.2) is 18.2 Å². The monoisotopic (exact) mass is 293 g/mol. The van der Waals surface area contributed by atoms with Crippen molar-refractivity contribution in [3.05, 3.63) is 23.8 Å². The Kier molecular flexibility index (Phi) is 6.02. The van der Waals surface area contributed by atoms with Crippen molar-refractivity contribution in [2.75, 3.05) is 30.9 Å². The maximum Gasteiger partial charge on any atom is 0.319 e. The molecule has 3 N–H and O–H groups in total. The predicted molar refractivity (Wildman–Crippen MR) is 83.9 cm³/mol. The van der Waals surface area contributed by atoms with Crippen LogP contribution in [-0.2, 0) is 4.79 Å². The fourth-order valence-electron chi connectivity index (χ4n) is 1.97. The average molecular weight is 293 g/mol. The lowest BCUT2D eigenvalue weighted by atomic mass is 10.1. The molecule has 0 aliphatic carbocycles. The largest absolute Gasteiger partial charge is 0.481 e. The van der Waals surface area contributed by atoms with Crippen LogP contribution in [-0.4, -0.2) is 37.7 Å². The molecule has 0 aliphatic heterocycles. The Hall–Kier alpha value is -2.24. The van der Waals surface area contributed by atoms with E-state index in [9.17, 15) is 9.59 Å². The molecule has 0 saturated carbocycles. The van der Waals surface area contributed by atoms with Gasteiger partial charge < -0.3 is 20.6 Å². The number of carbonyl (C=O) groups is 2. The first kappa shape index (κ1) is 16.8. The Morgan fingerprint density at radius 3 is 2.52 bits per heavy atom. The summed E-state index contributed by atoms with van der Waals surface area (Å²) in [5, 5.41) is 14.2. The van der Waals surface area contributed by atoms with Crippen molar-refractivity contribution in [2.45, 2.75) is 20.3 Å². The number of amides is 2. The molecule has 1 aromatic rings. The zero-order valence-electron chi connectivity index (χ0n) is 12.9. The summed E-state index contributed by atoms with van der Waals surface area (Å²) >= 11 is 0. The minimum Gasteiger partial charge on any atom is -0.481 e. The molecule has 1 atom stereocenters. The first-order valence-electron chi connectivity index (χ1n) is 6.90. The fraction of sp³-hybridized carbons (Fsp3) is 0.467. The lowest BCUT2D eigenvalue weighted by Gasteiger charge is -2.17. The van der Waals surface area contributed by atoms with E-state index in [0.29, 0.717) is 12.1 Å². The Morgan fingerprint density at radius 2 is 2.00 bits per heavy atom. The lowest BCUT2D eigenvalue weighted by Crippen LogP contribution is -2.35. The molecule has 21 heavy (non-hydrogen) atoms. The summed E-state index contributed by atoms with van der Waals surface area (Å²) in [4.78, 5) is 24.6. The SMILES string of the molecule is CCC(CNC(=O)Nc1ccc(C)c(N(C)C)c1)C(=O)O. The minimum absolute atomic E-state index is 0.115. The van der Waals surface area contributed by atoms with Crippen LogP contribution in [0, 0.1) is 12.8 Å². The minimum atomic E-state index is -0.900. The summed E-state index contributed by atoms with van der Waals surface area (Å²) in [5.41, 5.74) is 2.80. The van der Waals surface area contributed by atoms with Crippen molar-refractivity contribution in [3.63, 3.8) is 0 Å². The van der Waals surface area contributed by atoms with E-state index in [1.165, 1.54) is 0 Å². The van der Waals surface area contributed by atoms with Gasteiger partial charge in [-0.2, -0.15) is 0 Å². The Labute approximate surface area is 125 Å². The molecular formula is C15H23N3O3. The smallest absolute Gasteiger partial charge is 0.319 e. The number of rotatable bonds is 6. The van der Waals surface area contributed by atoms with Crippen LogP contribution in [0.25, 0.3) is 0 Å². The molecule has 0 aliphatic rings. The van der Waals surface area contributed by atoms with E-state index in [-0.39, 0.29) is 6.54 Å². The highest BCUT2D eigenvalue weighted by Gasteiger charge is 2.15. The third kappa shape index (κ3) is 4.98. The summed E-state index contributed by atoms with van der Waals surface area (Å²) in [6.45, 7) is 3.89. The molecule has 0 saturated heterocycles. The van der Waals surface area contributed by atoms with E-state index in [1.807, 2.05) is 44.1 Å². The standard InChI is InChI=1S/C15H23N3O3/c1-5-11(14(19)20)9-16-15(21)17-12-7-6-10(2)13(8-12)18(3)4/h6-8,11H,5,9H2,1-4H3,(H,19,20)(H2,16,17,21). The van der Waals surface area contributed by atoms with Crippen LogP contribution in [0.1, 0.15) is 18.9 Å². The summed E-state index contributed by atoms with van der Waals surface area (Å²) in [7, 11) is 3.87. The number of carboxylic acids is 1. The number of benzene rings is 1. The highest BCUT2D eigenvalue weighted by Crippen LogP contribution is 2.22. The molecule has 6 nitrogen and oxygen atoms in total. The second kappa shape index (κ2) is 7.52. The number of anilines is 2. The topological polar surface area (TPSA) is 81.7 Å². The Bertz CT molecular complexity index is 515. The van der Waals surface area contributed by atoms with Crippen molar-refractivity contribution in [1.82, 2.24) is 5.32 Å². The molecule has 1 rings (SSSR count). The molecule has 2 amide bonds. The van der Waals surface area contributed by atoms with Crippen molar-refractivity contribution in [3.8, 4) is 0 Å². The zero-order chi connectivity index (χ0) is 16.0. The predicted octanol–water partition coefficient (Wildman–Crippen LogP) is 2.29. The quantitative estimate of drug-likeness (QED) is 0.751. The molecule has 1 aromatic carbocycles. The van der Waals surface area contributed by atoms with Gasteiger partial charge in [-0.15, -0.1) is 0 Å². The summed E-state index contributed by atoms with van der Waals surface area (Å²) in [5.74, 6) is -1.46. The Morgan fingerprint density at radius 1 is 1.33 bits per heavy atom. The third-order valence-corrected chi connectivity index (χ3v) is 3.30. The number of aryl methyl sites for hydroxylation is 1. The van der Waals surface area contributed by atoms with Crippen LogP contribution in [0.2, 0.25) is 0 Å². The second-order valence-electron chi connectivity index (χ2n) is 5.17. The molecule has 0 aromatic heterocycles. The number of carbonyl (C=O) groups excluding carboxylic acids is 1. The molecule has 116 valence electrons. The van der Waals surface area contributed by atoms with Gasteiger partial charge in [0.25, 0.3) is 0 Å². The number of aliphatic carboxylic acids is 1. The third-order valence-electron chi connectivity index (χ3n) is 3.30. The molecule has 6 heteroatoms. The molecule has 0 spiro atoms. The van der Waals surface area contributed by atoms with E-state index in [2.05, 4.69) is 10.6 Å². The second-order valence-corrected chi connectivity index (χ2v) is 5.17. The van der Waals surface area contributed by atoms with E-state index in [4.69, 9.17) is 5.11 Å². The van der Waals surface area contributed by atoms with Gasteiger partial charge >= 0.3 is 12.0 Å². The Balaban J connectivity index is 2.63. The highest BCUT2D eigenvalue weighted by atomic mass is 16.4. The van der Waals surface area contributed by atoms with E-state index >= 15 is 0 Å². The fourth-order valence-corrected chi connectivity index (χ4v) is 1.97. The summed E-state index contributed by atoms with van der Waals surface area (Å²) in [6.07, 6.45) is 0.477. The van der Waals surface area contributed by atoms with Crippen molar-refractivity contribution < 1.29 is 14.7 Å². The number of nitrogens with zero attached hydrogens (tertiary/aromatic N) is 1. The highest BCUT2D eigenvalue weighted by molar-refractivity contribution is 5.90. The maximum atomic E-state index is 11.8. The van der Waals surface area contributed by atoms with E-state index in [1.54, 1.807) is 6.92 Å². The maximum absolute atomic E-state index is 11.8. The van der Waals surface area contributed by atoms with E-state index < -0.39 is 17.9 Å². The van der Waals surface area contributed by atoms with Gasteiger partial charge in [-0.1, -0.05) is 13.0 Å². The normalized spacial score (nSPS) is 11.6. The summed E-state index contributed by atoms with van der Waals surface area (Å²) < 4.78 is 0. The zero-order valence-corrected chi connectivity index (χ0v) is 12.9. The van der Waals surface area contributed by atoms with Gasteiger partial charge in [-0.25, -0.2) is 4.79 Å². The molecule has 0 radical (unpaired) electrons. The van der Waals surface area contributed by atoms with Crippen LogP contribution in [0.5, 0.6) is 0 Å². The van der Waals surface area contributed by atoms with Crippen LogP contribution in [0.4, 0.5) is 16.2 Å². The first-order valence-corrected chi connectivity index (χ1v) is 6.90. The lowest BCUT2D eigenvalue weighted by molar-refractivity contribution is -0.141. The van der Waals surface area contributed by atoms with Crippen molar-refractivity contribution in [2.24, 2.45) is 5.92 Å². The average Bonchev–Trinajstić information content (AvgIpc) is 2.41. The van der Waals surface area contributed by atoms with Crippen LogP contribution < -0.4 is 15.5 Å². The molecular weight excluding hydrogens is 270 g/mol. The van der Waals surface area contributed by atoms with Gasteiger partial charge in [0.05, 0.1) is 5.92 Å². The molecule has 1 unspecified atom stereocenters. The van der Waals surface area contributed by atoms with Gasteiger partial charge in [0.2, 0.25) is 0 Å². The van der Waals surface area contributed by atoms with Gasteiger partial charge in [0.15, 0.2) is 0 Å². The number of nitrogens with one attached hydrogen (secondary N) is 2. The van der Waals surface area contributed by atoms with Crippen molar-refractivity contribution >= 4 is 23.4 Å². The van der Waals surface area contributed by atoms with Gasteiger partial charge in [0, 0.05) is 32.0 Å². The van der Waals surface area contributed by atoms with Gasteiger partial charge in [-0.3, -0.25) is 4.79 Å². The van der Waals surface area contributed by atoms with Gasteiger partial charge in [0.1, 0.15) is 0 Å². The first-order chi connectivity index (χ1) is 9.85. The molecule has 0 fully saturated rings. The molecule has 0 bridgehead atoms. The van der Waals surface area contributed by atoms with E-state index in [0.717, 1.165) is 11.3 Å². The van der Waals surface area contributed by atoms with Gasteiger partial charge in [-0.05, 0) is 31.0 Å². The summed E-state index contributed by atoms with van der Waals surface area (Å²) in [6, 6.07) is 5.22. The number of hydrogen-bond acceptors (Lipinski definition) is 3. The number of hydrogen-bond donors (Lipinski definition) is 3. The molecule has 0 heterocycles. The number of urea groups is 1. The van der Waals surface area contributed by atoms with Crippen LogP contribution >= 0.6 is 0 Å². The number of carboxylic acid groups (broad SMARTS) is 1. The van der Waals surface area contributed by atoms with Crippen molar-refractivity contribution in [1.29, 1.82) is 0 Å². The van der Waals surface area contributed by atoms with Crippen LogP contribution in [0.3, 0.4) is 0 Å².